The van der Waals surface area contributed by atoms with E-state index in [9.17, 15) is 0 Å². The van der Waals surface area contributed by atoms with Crippen molar-refractivity contribution in [3.8, 4) is 0 Å². The highest BCUT2D eigenvalue weighted by atomic mass is 35.5. The molecule has 0 unspecified atom stereocenters. The maximum Gasteiger partial charge on any atom is 0.0406 e. The van der Waals surface area contributed by atoms with Gasteiger partial charge in [-0.05, 0) is 61.1 Å². The van der Waals surface area contributed by atoms with Gasteiger partial charge in [-0.15, -0.1) is 0 Å². The van der Waals surface area contributed by atoms with Crippen molar-refractivity contribution in [2.75, 3.05) is 0 Å². The van der Waals surface area contributed by atoms with Gasteiger partial charge in [0.2, 0.25) is 0 Å². The van der Waals surface area contributed by atoms with Gasteiger partial charge in [0.1, 0.15) is 0 Å². The van der Waals surface area contributed by atoms with Gasteiger partial charge in [0.15, 0.2) is 0 Å². The Balaban J connectivity index is 2.00. The molecule has 0 saturated heterocycles. The van der Waals surface area contributed by atoms with Crippen LogP contribution in [0.4, 0.5) is 0 Å². The lowest BCUT2D eigenvalue weighted by Gasteiger charge is -2.36. The van der Waals surface area contributed by atoms with E-state index in [-0.39, 0.29) is 0 Å². The molecule has 0 radical (unpaired) electrons. The highest BCUT2D eigenvalue weighted by Gasteiger charge is 2.29. The molecule has 3 atom stereocenters. The molecule has 0 aliphatic heterocycles. The second-order valence-electron chi connectivity index (χ2n) is 6.07. The van der Waals surface area contributed by atoms with E-state index >= 15 is 0 Å². The molecule has 0 bridgehead atoms. The van der Waals surface area contributed by atoms with Gasteiger partial charge in [0.05, 0.1) is 0 Å². The Morgan fingerprint density at radius 3 is 2.50 bits per heavy atom. The van der Waals surface area contributed by atoms with Gasteiger partial charge in [-0.3, -0.25) is 0 Å². The molecule has 2 rings (SSSR count). The summed E-state index contributed by atoms with van der Waals surface area (Å²) in [6.45, 7) is 4.67. The number of rotatable bonds is 3. The molecular weight excluding hydrogens is 242 g/mol. The maximum atomic E-state index is 6.29. The van der Waals surface area contributed by atoms with E-state index < -0.39 is 0 Å². The largest absolute Gasteiger partial charge is 0.327 e. The van der Waals surface area contributed by atoms with Crippen molar-refractivity contribution < 1.29 is 0 Å². The standard InChI is InChI=1S/C16H24ClN/c1-11(2)13-5-8-16(18)14(10-13)9-12-3-6-15(17)7-4-12/h3-4,6-7,11,13-14,16H,5,8-10,18H2,1-2H3/t13-,14+,16-/m1/s1. The molecule has 18 heavy (non-hydrogen) atoms. The highest BCUT2D eigenvalue weighted by Crippen LogP contribution is 2.34. The third-order valence-electron chi connectivity index (χ3n) is 4.44. The fraction of sp³-hybridized carbons (Fsp3) is 0.625. The van der Waals surface area contributed by atoms with Crippen molar-refractivity contribution in [1.29, 1.82) is 0 Å². The van der Waals surface area contributed by atoms with Crippen LogP contribution < -0.4 is 5.73 Å². The molecule has 0 heterocycles. The molecule has 100 valence electrons. The molecule has 1 aliphatic rings. The topological polar surface area (TPSA) is 26.0 Å². The first-order valence-electron chi connectivity index (χ1n) is 7.06. The number of hydrogen-bond acceptors (Lipinski definition) is 1. The molecule has 2 heteroatoms. The van der Waals surface area contributed by atoms with E-state index in [0.29, 0.717) is 12.0 Å². The minimum Gasteiger partial charge on any atom is -0.327 e. The van der Waals surface area contributed by atoms with Crippen LogP contribution in [0, 0.1) is 17.8 Å². The fourth-order valence-corrected chi connectivity index (χ4v) is 3.21. The van der Waals surface area contributed by atoms with Crippen molar-refractivity contribution >= 4 is 11.6 Å². The normalized spacial score (nSPS) is 28.6. The Morgan fingerprint density at radius 1 is 1.22 bits per heavy atom. The number of hydrogen-bond donors (Lipinski definition) is 1. The Kier molecular flexibility index (Phi) is 4.69. The summed E-state index contributed by atoms with van der Waals surface area (Å²) in [5.74, 6) is 2.26. The van der Waals surface area contributed by atoms with E-state index in [1.807, 2.05) is 12.1 Å². The van der Waals surface area contributed by atoms with Crippen molar-refractivity contribution in [2.45, 2.75) is 45.6 Å². The summed E-state index contributed by atoms with van der Waals surface area (Å²) >= 11 is 5.92. The Hall–Kier alpha value is -0.530. The second kappa shape index (κ2) is 6.08. The summed E-state index contributed by atoms with van der Waals surface area (Å²) in [5, 5.41) is 0.812. The molecule has 1 fully saturated rings. The smallest absolute Gasteiger partial charge is 0.0406 e. The van der Waals surface area contributed by atoms with E-state index in [2.05, 4.69) is 26.0 Å². The SMILES string of the molecule is CC(C)[C@@H]1CC[C@@H](N)[C@@H](Cc2ccc(Cl)cc2)C1. The lowest BCUT2D eigenvalue weighted by Crippen LogP contribution is -2.38. The maximum absolute atomic E-state index is 6.29. The monoisotopic (exact) mass is 265 g/mol. The van der Waals surface area contributed by atoms with Gasteiger partial charge in [0, 0.05) is 11.1 Å². The van der Waals surface area contributed by atoms with Crippen LogP contribution in [0.5, 0.6) is 0 Å². The zero-order valence-electron chi connectivity index (χ0n) is 11.4. The highest BCUT2D eigenvalue weighted by molar-refractivity contribution is 6.30. The lowest BCUT2D eigenvalue weighted by molar-refractivity contribution is 0.189. The quantitative estimate of drug-likeness (QED) is 0.867. The zero-order chi connectivity index (χ0) is 13.1. The van der Waals surface area contributed by atoms with Crippen molar-refractivity contribution in [3.63, 3.8) is 0 Å². The van der Waals surface area contributed by atoms with Crippen molar-refractivity contribution in [3.05, 3.63) is 34.9 Å². The number of halogens is 1. The average molecular weight is 266 g/mol. The predicted octanol–water partition coefficient (Wildman–Crippen LogP) is 4.28. The molecule has 1 nitrogen and oxygen atoms in total. The first-order valence-corrected chi connectivity index (χ1v) is 7.44. The van der Waals surface area contributed by atoms with Gasteiger partial charge >= 0.3 is 0 Å². The molecule has 1 aliphatic carbocycles. The third-order valence-corrected chi connectivity index (χ3v) is 4.69. The van der Waals surface area contributed by atoms with E-state index in [0.717, 1.165) is 23.3 Å². The van der Waals surface area contributed by atoms with Crippen LogP contribution in [0.15, 0.2) is 24.3 Å². The van der Waals surface area contributed by atoms with Gasteiger partial charge in [-0.25, -0.2) is 0 Å². The van der Waals surface area contributed by atoms with Gasteiger partial charge in [-0.2, -0.15) is 0 Å². The van der Waals surface area contributed by atoms with Crippen molar-refractivity contribution in [1.82, 2.24) is 0 Å². The van der Waals surface area contributed by atoms with Crippen molar-refractivity contribution in [2.24, 2.45) is 23.5 Å². The first kappa shape index (κ1) is 13.9. The van der Waals surface area contributed by atoms with Crippen LogP contribution >= 0.6 is 11.6 Å². The number of nitrogens with two attached hydrogens (primary N) is 1. The first-order chi connectivity index (χ1) is 8.56. The molecule has 1 aromatic carbocycles. The minimum absolute atomic E-state index is 0.371. The second-order valence-corrected chi connectivity index (χ2v) is 6.51. The van der Waals surface area contributed by atoms with E-state index in [1.54, 1.807) is 0 Å². The summed E-state index contributed by atoms with van der Waals surface area (Å²) in [6.07, 6.45) is 4.86. The van der Waals surface area contributed by atoms with Gasteiger partial charge in [-0.1, -0.05) is 37.6 Å². The zero-order valence-corrected chi connectivity index (χ0v) is 12.2. The van der Waals surface area contributed by atoms with Gasteiger partial charge in [0.25, 0.3) is 0 Å². The van der Waals surface area contributed by atoms with Crippen LogP contribution in [0.3, 0.4) is 0 Å². The molecule has 0 aromatic heterocycles. The Bertz CT molecular complexity index is 371. The third kappa shape index (κ3) is 3.49. The number of benzene rings is 1. The minimum atomic E-state index is 0.371. The van der Waals surface area contributed by atoms with Crippen LogP contribution in [-0.2, 0) is 6.42 Å². The van der Waals surface area contributed by atoms with Crippen LogP contribution in [0.1, 0.15) is 38.7 Å². The van der Waals surface area contributed by atoms with E-state index in [4.69, 9.17) is 17.3 Å². The molecule has 0 amide bonds. The molecule has 0 spiro atoms. The molecule has 1 aromatic rings. The summed E-state index contributed by atoms with van der Waals surface area (Å²) in [5.41, 5.74) is 7.66. The summed E-state index contributed by atoms with van der Waals surface area (Å²) in [7, 11) is 0. The van der Waals surface area contributed by atoms with Crippen LogP contribution in [0.25, 0.3) is 0 Å². The van der Waals surface area contributed by atoms with Gasteiger partial charge < -0.3 is 5.73 Å². The lowest BCUT2D eigenvalue weighted by atomic mass is 9.72. The van der Waals surface area contributed by atoms with Crippen LogP contribution in [-0.4, -0.2) is 6.04 Å². The predicted molar refractivity (Wildman–Crippen MR) is 78.8 cm³/mol. The average Bonchev–Trinajstić information content (AvgIpc) is 2.34. The Labute approximate surface area is 116 Å². The summed E-state index contributed by atoms with van der Waals surface area (Å²) in [4.78, 5) is 0. The Morgan fingerprint density at radius 2 is 1.89 bits per heavy atom. The summed E-state index contributed by atoms with van der Waals surface area (Å²) in [6, 6.07) is 8.59. The molecule has 2 N–H and O–H groups in total. The fourth-order valence-electron chi connectivity index (χ4n) is 3.09. The van der Waals surface area contributed by atoms with E-state index in [1.165, 1.54) is 24.8 Å². The molecule has 1 saturated carbocycles. The summed E-state index contributed by atoms with van der Waals surface area (Å²) < 4.78 is 0. The molecular formula is C16H24ClN. The van der Waals surface area contributed by atoms with Crippen LogP contribution in [0.2, 0.25) is 5.02 Å².